The molecule has 2 aromatic rings. The molecule has 1 saturated heterocycles. The summed E-state index contributed by atoms with van der Waals surface area (Å²) < 4.78 is 26.9. The third kappa shape index (κ3) is 4.97. The van der Waals surface area contributed by atoms with Crippen LogP contribution in [0, 0.1) is 17.0 Å². The molecule has 0 bridgehead atoms. The molecule has 2 aromatic carbocycles. The zero-order valence-corrected chi connectivity index (χ0v) is 16.8. The van der Waals surface area contributed by atoms with Gasteiger partial charge in [-0.05, 0) is 25.1 Å². The molecule has 1 fully saturated rings. The van der Waals surface area contributed by atoms with E-state index in [-0.39, 0.29) is 41.8 Å². The minimum atomic E-state index is -3.56. The van der Waals surface area contributed by atoms with Crippen LogP contribution in [0.4, 0.5) is 11.4 Å². The van der Waals surface area contributed by atoms with Crippen LogP contribution >= 0.6 is 0 Å². The van der Waals surface area contributed by atoms with Crippen molar-refractivity contribution in [2.24, 2.45) is 0 Å². The van der Waals surface area contributed by atoms with Gasteiger partial charge >= 0.3 is 0 Å². The van der Waals surface area contributed by atoms with Crippen LogP contribution in [0.2, 0.25) is 0 Å². The van der Waals surface area contributed by atoms with Gasteiger partial charge in [0.25, 0.3) is 5.69 Å². The number of nitrogens with zero attached hydrogens (tertiary/aromatic N) is 3. The van der Waals surface area contributed by atoms with Gasteiger partial charge in [-0.25, -0.2) is 8.42 Å². The first kappa shape index (κ1) is 20.9. The number of hydrogen-bond donors (Lipinski definition) is 1. The standard InChI is InChI=1S/C19H22N4O5S/c1-15-6-8-16(9-7-15)29(27,28)22-12-10-21(11-13-22)14-19(24)20-17-4-2-3-5-18(17)23(25)26/h2-9H,10-14H2,1H3,(H,20,24). The third-order valence-electron chi connectivity index (χ3n) is 4.73. The fourth-order valence-electron chi connectivity index (χ4n) is 3.12. The first-order valence-electron chi connectivity index (χ1n) is 9.10. The Morgan fingerprint density at radius 3 is 2.31 bits per heavy atom. The highest BCUT2D eigenvalue weighted by atomic mass is 32.2. The number of rotatable bonds is 6. The van der Waals surface area contributed by atoms with Gasteiger partial charge in [-0.3, -0.25) is 19.8 Å². The van der Waals surface area contributed by atoms with Crippen molar-refractivity contribution in [1.82, 2.24) is 9.21 Å². The van der Waals surface area contributed by atoms with Crippen molar-refractivity contribution in [3.05, 3.63) is 64.2 Å². The largest absolute Gasteiger partial charge is 0.319 e. The summed E-state index contributed by atoms with van der Waals surface area (Å²) in [5.41, 5.74) is 0.955. The molecule has 1 heterocycles. The summed E-state index contributed by atoms with van der Waals surface area (Å²) in [7, 11) is -3.56. The molecule has 0 saturated carbocycles. The second kappa shape index (κ2) is 8.68. The predicted octanol–water partition coefficient (Wildman–Crippen LogP) is 1.85. The van der Waals surface area contributed by atoms with Crippen molar-refractivity contribution < 1.29 is 18.1 Å². The van der Waals surface area contributed by atoms with Crippen molar-refractivity contribution in [2.75, 3.05) is 38.0 Å². The van der Waals surface area contributed by atoms with Crippen molar-refractivity contribution in [3.8, 4) is 0 Å². The van der Waals surface area contributed by atoms with Gasteiger partial charge in [0, 0.05) is 32.2 Å². The summed E-state index contributed by atoms with van der Waals surface area (Å²) in [5, 5.41) is 13.6. The van der Waals surface area contributed by atoms with E-state index in [4.69, 9.17) is 0 Å². The highest BCUT2D eigenvalue weighted by Gasteiger charge is 2.29. The van der Waals surface area contributed by atoms with E-state index < -0.39 is 14.9 Å². The Balaban J connectivity index is 1.57. The summed E-state index contributed by atoms with van der Waals surface area (Å²) in [4.78, 5) is 24.8. The molecule has 29 heavy (non-hydrogen) atoms. The number of hydrogen-bond acceptors (Lipinski definition) is 6. The van der Waals surface area contributed by atoms with Crippen LogP contribution < -0.4 is 5.32 Å². The van der Waals surface area contributed by atoms with Crippen molar-refractivity contribution in [3.63, 3.8) is 0 Å². The molecular weight excluding hydrogens is 396 g/mol. The second-order valence-electron chi connectivity index (χ2n) is 6.82. The maximum absolute atomic E-state index is 12.7. The number of piperazine rings is 1. The SMILES string of the molecule is Cc1ccc(S(=O)(=O)N2CCN(CC(=O)Nc3ccccc3[N+](=O)[O-])CC2)cc1. The number of amides is 1. The van der Waals surface area contributed by atoms with Gasteiger partial charge < -0.3 is 5.32 Å². The molecule has 1 N–H and O–H groups in total. The molecule has 0 aliphatic carbocycles. The van der Waals surface area contributed by atoms with E-state index in [0.29, 0.717) is 13.1 Å². The monoisotopic (exact) mass is 418 g/mol. The van der Waals surface area contributed by atoms with Gasteiger partial charge in [0.15, 0.2) is 0 Å². The molecule has 0 spiro atoms. The fraction of sp³-hybridized carbons (Fsp3) is 0.316. The quantitative estimate of drug-likeness (QED) is 0.566. The lowest BCUT2D eigenvalue weighted by Crippen LogP contribution is -2.50. The Hall–Kier alpha value is -2.82. The first-order valence-corrected chi connectivity index (χ1v) is 10.5. The molecule has 0 unspecified atom stereocenters. The smallest absolute Gasteiger partial charge is 0.292 e. The number of nitro benzene ring substituents is 1. The highest BCUT2D eigenvalue weighted by Crippen LogP contribution is 2.23. The average molecular weight is 418 g/mol. The van der Waals surface area contributed by atoms with Crippen LogP contribution in [-0.4, -0.2) is 61.2 Å². The van der Waals surface area contributed by atoms with Gasteiger partial charge in [-0.2, -0.15) is 4.31 Å². The van der Waals surface area contributed by atoms with E-state index in [0.717, 1.165) is 5.56 Å². The Bertz CT molecular complexity index is 1000. The summed E-state index contributed by atoms with van der Waals surface area (Å²) >= 11 is 0. The number of carbonyl (C=O) groups is 1. The summed E-state index contributed by atoms with van der Waals surface area (Å²) in [6.07, 6.45) is 0. The molecule has 9 nitrogen and oxygen atoms in total. The molecule has 1 aliphatic rings. The van der Waals surface area contributed by atoms with Crippen LogP contribution in [0.15, 0.2) is 53.4 Å². The molecule has 10 heteroatoms. The number of nitrogens with one attached hydrogen (secondary N) is 1. The molecule has 0 atom stereocenters. The lowest BCUT2D eigenvalue weighted by Gasteiger charge is -2.33. The maximum Gasteiger partial charge on any atom is 0.292 e. The van der Waals surface area contributed by atoms with E-state index in [9.17, 15) is 23.3 Å². The predicted molar refractivity (Wildman–Crippen MR) is 108 cm³/mol. The third-order valence-corrected chi connectivity index (χ3v) is 6.64. The first-order chi connectivity index (χ1) is 13.8. The van der Waals surface area contributed by atoms with Gasteiger partial charge in [0.05, 0.1) is 16.4 Å². The molecule has 3 rings (SSSR count). The number of sulfonamides is 1. The highest BCUT2D eigenvalue weighted by molar-refractivity contribution is 7.89. The van der Waals surface area contributed by atoms with Crippen LogP contribution in [0.25, 0.3) is 0 Å². The van der Waals surface area contributed by atoms with E-state index in [1.807, 2.05) is 11.8 Å². The lowest BCUT2D eigenvalue weighted by molar-refractivity contribution is -0.383. The van der Waals surface area contributed by atoms with Gasteiger partial charge in [0.2, 0.25) is 15.9 Å². The normalized spacial score (nSPS) is 15.8. The number of nitro groups is 1. The van der Waals surface area contributed by atoms with Gasteiger partial charge in [0.1, 0.15) is 5.69 Å². The van der Waals surface area contributed by atoms with E-state index in [1.54, 1.807) is 30.3 Å². The maximum atomic E-state index is 12.7. The number of carbonyl (C=O) groups excluding carboxylic acids is 1. The fourth-order valence-corrected chi connectivity index (χ4v) is 4.54. The number of anilines is 1. The minimum absolute atomic E-state index is 0.0322. The van der Waals surface area contributed by atoms with Crippen molar-refractivity contribution in [2.45, 2.75) is 11.8 Å². The molecular formula is C19H22N4O5S. The number of para-hydroxylation sites is 2. The van der Waals surface area contributed by atoms with Gasteiger partial charge in [-0.1, -0.05) is 29.8 Å². The van der Waals surface area contributed by atoms with Crippen molar-refractivity contribution >= 4 is 27.3 Å². The van der Waals surface area contributed by atoms with E-state index in [1.165, 1.54) is 22.5 Å². The van der Waals surface area contributed by atoms with Crippen LogP contribution in [0.5, 0.6) is 0 Å². The van der Waals surface area contributed by atoms with E-state index in [2.05, 4.69) is 5.32 Å². The van der Waals surface area contributed by atoms with Crippen molar-refractivity contribution in [1.29, 1.82) is 0 Å². The Labute approximate surface area is 169 Å². The molecule has 1 aliphatic heterocycles. The molecule has 0 aromatic heterocycles. The summed E-state index contributed by atoms with van der Waals surface area (Å²) in [5.74, 6) is -0.380. The summed E-state index contributed by atoms with van der Waals surface area (Å²) in [6.45, 7) is 3.27. The van der Waals surface area contributed by atoms with Crippen LogP contribution in [-0.2, 0) is 14.8 Å². The van der Waals surface area contributed by atoms with Gasteiger partial charge in [-0.15, -0.1) is 0 Å². The van der Waals surface area contributed by atoms with E-state index >= 15 is 0 Å². The summed E-state index contributed by atoms with van der Waals surface area (Å²) in [6, 6.07) is 12.6. The van der Waals surface area contributed by atoms with Crippen LogP contribution in [0.3, 0.4) is 0 Å². The number of benzene rings is 2. The number of aryl methyl sites for hydroxylation is 1. The lowest BCUT2D eigenvalue weighted by atomic mass is 10.2. The van der Waals surface area contributed by atoms with Crippen LogP contribution in [0.1, 0.15) is 5.56 Å². The minimum Gasteiger partial charge on any atom is -0.319 e. The molecule has 1 amide bonds. The second-order valence-corrected chi connectivity index (χ2v) is 8.75. The topological polar surface area (TPSA) is 113 Å². The Kier molecular flexibility index (Phi) is 6.26. The average Bonchev–Trinajstić information content (AvgIpc) is 2.69. The zero-order chi connectivity index (χ0) is 21.0. The Morgan fingerprint density at radius 1 is 1.07 bits per heavy atom. The zero-order valence-electron chi connectivity index (χ0n) is 15.9. The Morgan fingerprint density at radius 2 is 1.69 bits per heavy atom. The molecule has 154 valence electrons. The molecule has 0 radical (unpaired) electrons.